The lowest BCUT2D eigenvalue weighted by Gasteiger charge is -2.33. The summed E-state index contributed by atoms with van der Waals surface area (Å²) >= 11 is 0. The number of piperazine rings is 1. The molecule has 156 valence electrons. The fourth-order valence-electron chi connectivity index (χ4n) is 2.99. The number of alkyl halides is 3. The Morgan fingerprint density at radius 3 is 2.45 bits per heavy atom. The van der Waals surface area contributed by atoms with Crippen LogP contribution in [0.25, 0.3) is 11.4 Å². The van der Waals surface area contributed by atoms with Crippen molar-refractivity contribution in [2.75, 3.05) is 39.3 Å². The lowest BCUT2D eigenvalue weighted by atomic mass is 10.1. The molecule has 7 nitrogen and oxygen atoms in total. The first-order chi connectivity index (χ1) is 13.8. The minimum Gasteiger partial charge on any atom is -0.352 e. The van der Waals surface area contributed by atoms with Crippen molar-refractivity contribution < 1.29 is 22.5 Å². The van der Waals surface area contributed by atoms with Crippen molar-refractivity contribution in [3.8, 4) is 11.4 Å². The van der Waals surface area contributed by atoms with Crippen LogP contribution >= 0.6 is 0 Å². The topological polar surface area (TPSA) is 74.5 Å². The number of hydrogen-bond donors (Lipinski definition) is 1. The van der Waals surface area contributed by atoms with Crippen molar-refractivity contribution in [1.29, 1.82) is 0 Å². The van der Waals surface area contributed by atoms with Gasteiger partial charge in [-0.25, -0.2) is 0 Å². The molecule has 2 heterocycles. The largest absolute Gasteiger partial charge is 0.416 e. The van der Waals surface area contributed by atoms with Crippen LogP contribution in [0.1, 0.15) is 11.5 Å². The number of nitrogens with one attached hydrogen (secondary N) is 1. The van der Waals surface area contributed by atoms with Crippen LogP contribution in [0.3, 0.4) is 0 Å². The van der Waals surface area contributed by atoms with E-state index in [0.29, 0.717) is 31.1 Å². The van der Waals surface area contributed by atoms with Gasteiger partial charge in [0.15, 0.2) is 0 Å². The third kappa shape index (κ3) is 5.88. The van der Waals surface area contributed by atoms with Gasteiger partial charge < -0.3 is 9.84 Å². The molecule has 0 spiro atoms. The SMILES string of the molecule is C=CCNC(=O)CN1CCN(Cc2nc(-c3ccc(C(F)(F)F)cc3)no2)CC1. The van der Waals surface area contributed by atoms with Gasteiger partial charge in [-0.3, -0.25) is 14.6 Å². The summed E-state index contributed by atoms with van der Waals surface area (Å²) in [6, 6.07) is 4.65. The van der Waals surface area contributed by atoms with Crippen molar-refractivity contribution in [2.24, 2.45) is 0 Å². The van der Waals surface area contributed by atoms with E-state index >= 15 is 0 Å². The van der Waals surface area contributed by atoms with Crippen LogP contribution < -0.4 is 5.32 Å². The van der Waals surface area contributed by atoms with Crippen LogP contribution in [0, 0.1) is 0 Å². The summed E-state index contributed by atoms with van der Waals surface area (Å²) in [4.78, 5) is 20.2. The molecule has 0 atom stereocenters. The van der Waals surface area contributed by atoms with E-state index < -0.39 is 11.7 Å². The van der Waals surface area contributed by atoms with E-state index in [9.17, 15) is 18.0 Å². The first kappa shape index (κ1) is 21.0. The van der Waals surface area contributed by atoms with Crippen LogP contribution in [0.2, 0.25) is 0 Å². The molecule has 0 unspecified atom stereocenters. The smallest absolute Gasteiger partial charge is 0.352 e. The summed E-state index contributed by atoms with van der Waals surface area (Å²) in [5, 5.41) is 6.61. The molecule has 29 heavy (non-hydrogen) atoms. The molecule has 2 aromatic rings. The van der Waals surface area contributed by atoms with Gasteiger partial charge in [0.05, 0.1) is 18.7 Å². The standard InChI is InChI=1S/C19H22F3N5O2/c1-2-7-23-16(28)12-26-8-10-27(11-9-26)13-17-24-18(25-29-17)14-3-5-15(6-4-14)19(20,21)22/h2-6H,1,7-13H2,(H,23,28). The second kappa shape index (κ2) is 9.19. The molecule has 1 saturated heterocycles. The average molecular weight is 409 g/mol. The molecule has 1 aliphatic rings. The second-order valence-corrected chi connectivity index (χ2v) is 6.73. The van der Waals surface area contributed by atoms with Gasteiger partial charge in [0.25, 0.3) is 0 Å². The minimum absolute atomic E-state index is 0.0311. The van der Waals surface area contributed by atoms with Crippen molar-refractivity contribution in [1.82, 2.24) is 25.3 Å². The maximum absolute atomic E-state index is 12.7. The second-order valence-electron chi connectivity index (χ2n) is 6.73. The fourth-order valence-corrected chi connectivity index (χ4v) is 2.99. The monoisotopic (exact) mass is 409 g/mol. The van der Waals surface area contributed by atoms with Gasteiger partial charge in [0.2, 0.25) is 17.6 Å². The van der Waals surface area contributed by atoms with Gasteiger partial charge >= 0.3 is 6.18 Å². The van der Waals surface area contributed by atoms with Gasteiger partial charge in [-0.1, -0.05) is 23.4 Å². The number of rotatable bonds is 7. The highest BCUT2D eigenvalue weighted by Gasteiger charge is 2.30. The summed E-state index contributed by atoms with van der Waals surface area (Å²) in [6.07, 6.45) is -2.74. The molecule has 1 aromatic heterocycles. The molecule has 0 radical (unpaired) electrons. The molecule has 1 N–H and O–H groups in total. The lowest BCUT2D eigenvalue weighted by molar-refractivity contribution is -0.137. The Balaban J connectivity index is 1.50. The molecule has 1 aliphatic heterocycles. The lowest BCUT2D eigenvalue weighted by Crippen LogP contribution is -2.49. The number of nitrogens with zero attached hydrogens (tertiary/aromatic N) is 4. The van der Waals surface area contributed by atoms with Gasteiger partial charge in [-0.2, -0.15) is 18.2 Å². The van der Waals surface area contributed by atoms with Gasteiger partial charge in [0.1, 0.15) is 0 Å². The zero-order valence-corrected chi connectivity index (χ0v) is 15.8. The van der Waals surface area contributed by atoms with E-state index in [1.807, 2.05) is 0 Å². The predicted molar refractivity (Wildman–Crippen MR) is 99.7 cm³/mol. The summed E-state index contributed by atoms with van der Waals surface area (Å²) in [7, 11) is 0. The molecule has 1 aromatic carbocycles. The Morgan fingerprint density at radius 2 is 1.83 bits per heavy atom. The Hall–Kier alpha value is -2.72. The molecule has 0 saturated carbocycles. The van der Waals surface area contributed by atoms with Crippen molar-refractivity contribution in [3.05, 3.63) is 48.4 Å². The zero-order valence-electron chi connectivity index (χ0n) is 15.8. The number of amides is 1. The summed E-state index contributed by atoms with van der Waals surface area (Å²) in [5.74, 6) is 0.625. The third-order valence-electron chi connectivity index (χ3n) is 4.57. The van der Waals surface area contributed by atoms with Gasteiger partial charge in [0, 0.05) is 38.3 Å². The van der Waals surface area contributed by atoms with E-state index in [4.69, 9.17) is 4.52 Å². The quantitative estimate of drug-likeness (QED) is 0.707. The Labute approximate surface area is 166 Å². The first-order valence-electron chi connectivity index (χ1n) is 9.17. The number of hydrogen-bond acceptors (Lipinski definition) is 6. The van der Waals surface area contributed by atoms with E-state index in [2.05, 4.69) is 31.8 Å². The third-order valence-corrected chi connectivity index (χ3v) is 4.57. The summed E-state index contributed by atoms with van der Waals surface area (Å²) in [5.41, 5.74) is -0.260. The number of halogens is 3. The Morgan fingerprint density at radius 1 is 1.17 bits per heavy atom. The van der Waals surface area contributed by atoms with Crippen LogP contribution in [-0.2, 0) is 17.5 Å². The molecule has 1 fully saturated rings. The fraction of sp³-hybridized carbons (Fsp3) is 0.421. The van der Waals surface area contributed by atoms with Gasteiger partial charge in [-0.05, 0) is 12.1 Å². The van der Waals surface area contributed by atoms with E-state index in [0.717, 1.165) is 38.3 Å². The molecular weight excluding hydrogens is 387 g/mol. The maximum Gasteiger partial charge on any atom is 0.416 e. The van der Waals surface area contributed by atoms with Crippen LogP contribution in [0.5, 0.6) is 0 Å². The first-order valence-corrected chi connectivity index (χ1v) is 9.17. The average Bonchev–Trinajstić information content (AvgIpc) is 3.16. The van der Waals surface area contributed by atoms with E-state index in [1.165, 1.54) is 12.1 Å². The summed E-state index contributed by atoms with van der Waals surface area (Å²) < 4.78 is 43.2. The zero-order chi connectivity index (χ0) is 20.9. The van der Waals surface area contributed by atoms with E-state index in [1.54, 1.807) is 6.08 Å². The highest BCUT2D eigenvalue weighted by atomic mass is 19.4. The van der Waals surface area contributed by atoms with Crippen molar-refractivity contribution in [3.63, 3.8) is 0 Å². The highest BCUT2D eigenvalue weighted by Crippen LogP contribution is 2.30. The maximum atomic E-state index is 12.7. The number of aromatic nitrogens is 2. The number of benzene rings is 1. The summed E-state index contributed by atoms with van der Waals surface area (Å²) in [6.45, 7) is 7.78. The van der Waals surface area contributed by atoms with Crippen LogP contribution in [0.4, 0.5) is 13.2 Å². The van der Waals surface area contributed by atoms with Crippen molar-refractivity contribution in [2.45, 2.75) is 12.7 Å². The Bertz CT molecular complexity index is 827. The molecule has 3 rings (SSSR count). The number of carbonyl (C=O) groups excluding carboxylic acids is 1. The number of carbonyl (C=O) groups is 1. The van der Waals surface area contributed by atoms with Crippen LogP contribution in [-0.4, -0.2) is 65.1 Å². The predicted octanol–water partition coefficient (Wildman–Crippen LogP) is 2.18. The molecule has 0 bridgehead atoms. The van der Waals surface area contributed by atoms with Crippen LogP contribution in [0.15, 0.2) is 41.4 Å². The highest BCUT2D eigenvalue weighted by molar-refractivity contribution is 5.78. The molecular formula is C19H22F3N5O2. The van der Waals surface area contributed by atoms with Crippen molar-refractivity contribution >= 4 is 5.91 Å². The minimum atomic E-state index is -4.38. The molecule has 0 aliphatic carbocycles. The normalized spacial score (nSPS) is 16.0. The van der Waals surface area contributed by atoms with Gasteiger partial charge in [-0.15, -0.1) is 6.58 Å². The van der Waals surface area contributed by atoms with E-state index in [-0.39, 0.29) is 11.7 Å². The molecule has 1 amide bonds. The Kier molecular flexibility index (Phi) is 6.65. The molecule has 10 heteroatoms.